The third-order valence-corrected chi connectivity index (χ3v) is 11.4. The molecule has 1 heterocycles. The van der Waals surface area contributed by atoms with Crippen LogP contribution in [0.2, 0.25) is 0 Å². The van der Waals surface area contributed by atoms with Crippen LogP contribution in [0.4, 0.5) is 0 Å². The zero-order valence-corrected chi connectivity index (χ0v) is 31.3. The SMILES string of the molecule is O=C(CC1c2ccccc2CC1O)NC(Cc1ccccc1)C(O)CC(Cc1ccc(OCCN2CCOCC2)cc1)C(=O)NC1c2ccccc2CC1O. The molecule has 0 bridgehead atoms. The van der Waals surface area contributed by atoms with E-state index < -0.39 is 36.3 Å². The first kappa shape index (κ1) is 38.7. The Hall–Kier alpha value is -4.58. The number of nitrogens with zero attached hydrogens (tertiary/aromatic N) is 1. The number of ether oxygens (including phenoxy) is 2. The van der Waals surface area contributed by atoms with Crippen molar-refractivity contribution in [3.05, 3.63) is 137 Å². The molecule has 1 saturated heterocycles. The Morgan fingerprint density at radius 3 is 2.16 bits per heavy atom. The molecule has 7 atom stereocenters. The second-order valence-electron chi connectivity index (χ2n) is 15.3. The van der Waals surface area contributed by atoms with Crippen LogP contribution in [0.15, 0.2) is 103 Å². The van der Waals surface area contributed by atoms with Crippen LogP contribution in [0.5, 0.6) is 5.75 Å². The number of aliphatic hydroxyl groups is 3. The van der Waals surface area contributed by atoms with E-state index >= 15 is 0 Å². The summed E-state index contributed by atoms with van der Waals surface area (Å²) in [5.74, 6) is -0.819. The first-order chi connectivity index (χ1) is 26.8. The van der Waals surface area contributed by atoms with Crippen LogP contribution in [0.3, 0.4) is 0 Å². The summed E-state index contributed by atoms with van der Waals surface area (Å²) < 4.78 is 11.5. The van der Waals surface area contributed by atoms with Crippen molar-refractivity contribution in [1.82, 2.24) is 15.5 Å². The van der Waals surface area contributed by atoms with E-state index in [0.29, 0.717) is 32.3 Å². The molecule has 7 rings (SSSR count). The van der Waals surface area contributed by atoms with Crippen molar-refractivity contribution in [3.8, 4) is 5.75 Å². The topological polar surface area (TPSA) is 141 Å². The number of nitrogens with one attached hydrogen (secondary N) is 2. The number of hydrogen-bond acceptors (Lipinski definition) is 8. The van der Waals surface area contributed by atoms with E-state index in [0.717, 1.165) is 72.0 Å². The molecule has 0 spiro atoms. The molecule has 55 heavy (non-hydrogen) atoms. The van der Waals surface area contributed by atoms with Crippen molar-refractivity contribution in [2.45, 2.75) is 74.8 Å². The number of fused-ring (bicyclic) bond motifs is 2. The molecule has 2 amide bonds. The van der Waals surface area contributed by atoms with Crippen LogP contribution < -0.4 is 15.4 Å². The minimum Gasteiger partial charge on any atom is -0.492 e. The average Bonchev–Trinajstić information content (AvgIpc) is 3.69. The van der Waals surface area contributed by atoms with Crippen LogP contribution in [-0.2, 0) is 40.0 Å². The van der Waals surface area contributed by atoms with Gasteiger partial charge in [0.1, 0.15) is 12.4 Å². The summed E-state index contributed by atoms with van der Waals surface area (Å²) in [5, 5.41) is 40.1. The molecular weight excluding hydrogens is 695 g/mol. The molecule has 290 valence electrons. The van der Waals surface area contributed by atoms with Gasteiger partial charge in [0.15, 0.2) is 0 Å². The molecule has 10 heteroatoms. The van der Waals surface area contributed by atoms with Gasteiger partial charge in [0.25, 0.3) is 0 Å². The lowest BCUT2D eigenvalue weighted by Gasteiger charge is -2.29. The smallest absolute Gasteiger partial charge is 0.224 e. The van der Waals surface area contributed by atoms with E-state index in [4.69, 9.17) is 9.47 Å². The molecule has 7 unspecified atom stereocenters. The number of rotatable bonds is 16. The van der Waals surface area contributed by atoms with Crippen molar-refractivity contribution in [3.63, 3.8) is 0 Å². The maximum Gasteiger partial charge on any atom is 0.224 e. The van der Waals surface area contributed by atoms with Gasteiger partial charge >= 0.3 is 0 Å². The summed E-state index contributed by atoms with van der Waals surface area (Å²) in [6.45, 7) is 4.65. The number of hydrogen-bond donors (Lipinski definition) is 5. The lowest BCUT2D eigenvalue weighted by atomic mass is 9.88. The summed E-state index contributed by atoms with van der Waals surface area (Å²) in [5.41, 5.74) is 5.76. The number of benzene rings is 4. The maximum absolute atomic E-state index is 14.3. The van der Waals surface area contributed by atoms with Crippen molar-refractivity contribution < 1.29 is 34.4 Å². The molecule has 1 aliphatic heterocycles. The van der Waals surface area contributed by atoms with Gasteiger partial charge in [-0.1, -0.05) is 91.0 Å². The molecule has 0 radical (unpaired) electrons. The van der Waals surface area contributed by atoms with E-state index in [9.17, 15) is 24.9 Å². The molecule has 10 nitrogen and oxygen atoms in total. The van der Waals surface area contributed by atoms with Crippen LogP contribution in [0.25, 0.3) is 0 Å². The number of carbonyl (C=O) groups excluding carboxylic acids is 2. The lowest BCUT2D eigenvalue weighted by Crippen LogP contribution is -2.48. The zero-order valence-electron chi connectivity index (χ0n) is 31.3. The Morgan fingerprint density at radius 1 is 0.782 bits per heavy atom. The van der Waals surface area contributed by atoms with Gasteiger partial charge in [0.05, 0.1) is 43.6 Å². The van der Waals surface area contributed by atoms with Gasteiger partial charge in [-0.2, -0.15) is 0 Å². The standard InChI is InChI=1S/C45H53N3O7/c49-40-26-32-10-4-6-12-36(32)38(40)29-43(52)46-39(25-30-8-2-1-3-9-30)41(50)28-34(45(53)47-44-37-13-7-5-11-33(37)27-42(44)51)24-31-14-16-35(17-15-31)55-23-20-48-18-21-54-22-19-48/h1-17,34,38-42,44,49-51H,18-29H2,(H,46,52)(H,47,53). The van der Waals surface area contributed by atoms with Gasteiger partial charge in [-0.3, -0.25) is 14.5 Å². The second kappa shape index (κ2) is 18.4. The molecular formula is C45H53N3O7. The highest BCUT2D eigenvalue weighted by molar-refractivity contribution is 5.80. The monoisotopic (exact) mass is 747 g/mol. The summed E-state index contributed by atoms with van der Waals surface area (Å²) in [7, 11) is 0. The van der Waals surface area contributed by atoms with Gasteiger partial charge in [-0.05, 0) is 71.2 Å². The predicted octanol–water partition coefficient (Wildman–Crippen LogP) is 3.90. The van der Waals surface area contributed by atoms with Crippen LogP contribution in [0, 0.1) is 5.92 Å². The van der Waals surface area contributed by atoms with Crippen molar-refractivity contribution in [1.29, 1.82) is 0 Å². The highest BCUT2D eigenvalue weighted by atomic mass is 16.5. The number of carbonyl (C=O) groups is 2. The Balaban J connectivity index is 1.07. The molecule has 4 aromatic carbocycles. The van der Waals surface area contributed by atoms with Crippen LogP contribution in [0.1, 0.15) is 58.2 Å². The Morgan fingerprint density at radius 2 is 1.42 bits per heavy atom. The van der Waals surface area contributed by atoms with Gasteiger partial charge in [-0.15, -0.1) is 0 Å². The van der Waals surface area contributed by atoms with E-state index in [1.807, 2.05) is 103 Å². The molecule has 4 aromatic rings. The first-order valence-electron chi connectivity index (χ1n) is 19.7. The van der Waals surface area contributed by atoms with Gasteiger partial charge in [0.2, 0.25) is 11.8 Å². The van der Waals surface area contributed by atoms with E-state index in [2.05, 4.69) is 15.5 Å². The Bertz CT molecular complexity index is 1870. The van der Waals surface area contributed by atoms with Crippen LogP contribution >= 0.6 is 0 Å². The number of aliphatic hydroxyl groups excluding tert-OH is 3. The normalized spacial score (nSPS) is 22.2. The van der Waals surface area contributed by atoms with E-state index in [-0.39, 0.29) is 30.6 Å². The van der Waals surface area contributed by atoms with Crippen molar-refractivity contribution >= 4 is 11.8 Å². The third kappa shape index (κ3) is 10.00. The van der Waals surface area contributed by atoms with Crippen molar-refractivity contribution in [2.75, 3.05) is 39.5 Å². The third-order valence-electron chi connectivity index (χ3n) is 11.4. The summed E-state index contributed by atoms with van der Waals surface area (Å²) in [6, 6.07) is 31.7. The molecule has 0 saturated carbocycles. The Labute approximate surface area is 323 Å². The second-order valence-corrected chi connectivity index (χ2v) is 15.3. The van der Waals surface area contributed by atoms with E-state index in [1.54, 1.807) is 0 Å². The summed E-state index contributed by atoms with van der Waals surface area (Å²) in [4.78, 5) is 30.3. The minimum atomic E-state index is -1.08. The van der Waals surface area contributed by atoms with Gasteiger partial charge in [-0.25, -0.2) is 0 Å². The minimum absolute atomic E-state index is 0.0702. The number of morpholine rings is 1. The molecule has 1 fully saturated rings. The van der Waals surface area contributed by atoms with Crippen LogP contribution in [-0.4, -0.2) is 95.8 Å². The molecule has 3 aliphatic rings. The highest BCUT2D eigenvalue weighted by Gasteiger charge is 2.36. The Kier molecular flexibility index (Phi) is 12.9. The zero-order chi connectivity index (χ0) is 38.1. The largest absolute Gasteiger partial charge is 0.492 e. The first-order valence-corrected chi connectivity index (χ1v) is 19.7. The van der Waals surface area contributed by atoms with Gasteiger partial charge < -0.3 is 35.4 Å². The fourth-order valence-electron chi connectivity index (χ4n) is 8.40. The summed E-state index contributed by atoms with van der Waals surface area (Å²) >= 11 is 0. The average molecular weight is 748 g/mol. The molecule has 2 aliphatic carbocycles. The quantitative estimate of drug-likeness (QED) is 0.116. The van der Waals surface area contributed by atoms with Gasteiger partial charge in [0, 0.05) is 44.3 Å². The van der Waals surface area contributed by atoms with Crippen molar-refractivity contribution in [2.24, 2.45) is 5.92 Å². The lowest BCUT2D eigenvalue weighted by molar-refractivity contribution is -0.128. The fraction of sp³-hybridized carbons (Fsp3) is 0.422. The number of amides is 2. The maximum atomic E-state index is 14.3. The fourth-order valence-corrected chi connectivity index (χ4v) is 8.40. The summed E-state index contributed by atoms with van der Waals surface area (Å²) in [6.07, 6.45) is -0.705. The molecule has 5 N–H and O–H groups in total. The molecule has 0 aromatic heterocycles. The highest BCUT2D eigenvalue weighted by Crippen LogP contribution is 2.36. The predicted molar refractivity (Wildman–Crippen MR) is 210 cm³/mol. The van der Waals surface area contributed by atoms with E-state index in [1.165, 1.54) is 0 Å².